The number of hydrogen-bond acceptors (Lipinski definition) is 7. The quantitative estimate of drug-likeness (QED) is 0.382. The SMILES string of the molecule is COc1ccc(F)cc1C1(C)CC(CNc2nc(C)nc3c2cnn3-c2cccnc2)(C(F)(F)F)O1. The van der Waals surface area contributed by atoms with Gasteiger partial charge in [-0.3, -0.25) is 4.98 Å². The summed E-state index contributed by atoms with van der Waals surface area (Å²) in [6.07, 6.45) is -0.461. The predicted molar refractivity (Wildman–Crippen MR) is 122 cm³/mol. The first-order chi connectivity index (χ1) is 17.1. The monoisotopic (exact) mass is 502 g/mol. The maximum atomic E-state index is 14.3. The number of fused-ring (bicyclic) bond motifs is 1. The molecule has 1 N–H and O–H groups in total. The van der Waals surface area contributed by atoms with Crippen LogP contribution in [0, 0.1) is 12.7 Å². The minimum absolute atomic E-state index is 0.191. The molecule has 0 radical (unpaired) electrons. The van der Waals surface area contributed by atoms with E-state index in [1.807, 2.05) is 0 Å². The average Bonchev–Trinajstić information content (AvgIpc) is 3.24. The lowest BCUT2D eigenvalue weighted by atomic mass is 9.75. The summed E-state index contributed by atoms with van der Waals surface area (Å²) in [4.78, 5) is 12.8. The summed E-state index contributed by atoms with van der Waals surface area (Å²) in [5.74, 6) is 0.193. The Labute approximate surface area is 203 Å². The Balaban J connectivity index is 1.45. The van der Waals surface area contributed by atoms with Gasteiger partial charge in [0.2, 0.25) is 0 Å². The standard InChI is InChI=1S/C24H22F4N6O2/c1-14-32-20(17-11-31-34(21(17)33-14)16-5-4-8-29-10-16)30-13-23(24(26,27)28)12-22(2,36-23)18-9-15(25)6-7-19(18)35-3/h4-11H,12-13H2,1-3H3,(H,30,32,33). The number of halogens is 4. The lowest BCUT2D eigenvalue weighted by molar-refractivity contribution is -0.380. The normalized spacial score (nSPS) is 21.9. The molecule has 0 spiro atoms. The van der Waals surface area contributed by atoms with E-state index in [0.29, 0.717) is 22.5 Å². The third-order valence-electron chi connectivity index (χ3n) is 6.26. The molecular formula is C24H22F4N6O2. The van der Waals surface area contributed by atoms with E-state index >= 15 is 0 Å². The molecule has 12 heteroatoms. The highest BCUT2D eigenvalue weighted by Crippen LogP contribution is 2.57. The summed E-state index contributed by atoms with van der Waals surface area (Å²) in [6, 6.07) is 7.20. The van der Waals surface area contributed by atoms with Crippen molar-refractivity contribution in [2.75, 3.05) is 19.0 Å². The molecule has 1 saturated heterocycles. The van der Waals surface area contributed by atoms with E-state index in [-0.39, 0.29) is 17.1 Å². The summed E-state index contributed by atoms with van der Waals surface area (Å²) in [7, 11) is 1.37. The maximum absolute atomic E-state index is 14.3. The van der Waals surface area contributed by atoms with Crippen molar-refractivity contribution in [3.8, 4) is 11.4 Å². The average molecular weight is 502 g/mol. The molecule has 2 unspecified atom stereocenters. The van der Waals surface area contributed by atoms with Crippen LogP contribution in [0.4, 0.5) is 23.4 Å². The Morgan fingerprint density at radius 1 is 1.19 bits per heavy atom. The Kier molecular flexibility index (Phi) is 5.58. The second kappa shape index (κ2) is 8.40. The fraction of sp³-hybridized carbons (Fsp3) is 0.333. The van der Waals surface area contributed by atoms with Crippen LogP contribution in [0.2, 0.25) is 0 Å². The molecule has 8 nitrogen and oxygen atoms in total. The molecule has 0 amide bonds. The third kappa shape index (κ3) is 3.91. The van der Waals surface area contributed by atoms with Crippen molar-refractivity contribution in [1.82, 2.24) is 24.7 Å². The summed E-state index contributed by atoms with van der Waals surface area (Å²) in [6.45, 7) is 2.50. The molecule has 4 heterocycles. The smallest absolute Gasteiger partial charge is 0.419 e. The highest BCUT2D eigenvalue weighted by Gasteiger charge is 2.68. The van der Waals surface area contributed by atoms with Crippen LogP contribution in [0.3, 0.4) is 0 Å². The van der Waals surface area contributed by atoms with Crippen molar-refractivity contribution >= 4 is 16.9 Å². The van der Waals surface area contributed by atoms with E-state index in [1.54, 1.807) is 31.5 Å². The highest BCUT2D eigenvalue weighted by atomic mass is 19.4. The summed E-state index contributed by atoms with van der Waals surface area (Å²) in [5, 5.41) is 7.56. The highest BCUT2D eigenvalue weighted by molar-refractivity contribution is 5.87. The van der Waals surface area contributed by atoms with E-state index in [9.17, 15) is 17.6 Å². The van der Waals surface area contributed by atoms with Gasteiger partial charge in [0.15, 0.2) is 11.2 Å². The molecule has 0 saturated carbocycles. The minimum atomic E-state index is -4.71. The summed E-state index contributed by atoms with van der Waals surface area (Å²) < 4.78 is 69.1. The fourth-order valence-corrected chi connectivity index (χ4v) is 4.61. The molecule has 36 heavy (non-hydrogen) atoms. The summed E-state index contributed by atoms with van der Waals surface area (Å²) >= 11 is 0. The zero-order valence-corrected chi connectivity index (χ0v) is 19.6. The van der Waals surface area contributed by atoms with Gasteiger partial charge < -0.3 is 14.8 Å². The number of aryl methyl sites for hydroxylation is 1. The number of pyridine rings is 1. The van der Waals surface area contributed by atoms with Gasteiger partial charge >= 0.3 is 6.18 Å². The fourth-order valence-electron chi connectivity index (χ4n) is 4.61. The maximum Gasteiger partial charge on any atom is 0.419 e. The van der Waals surface area contributed by atoms with Crippen LogP contribution in [-0.4, -0.2) is 50.2 Å². The molecule has 1 aromatic carbocycles. The van der Waals surface area contributed by atoms with Gasteiger partial charge in [-0.05, 0) is 44.2 Å². The van der Waals surface area contributed by atoms with Crippen molar-refractivity contribution < 1.29 is 27.0 Å². The Morgan fingerprint density at radius 2 is 1.97 bits per heavy atom. The van der Waals surface area contributed by atoms with Crippen LogP contribution < -0.4 is 10.1 Å². The molecule has 5 rings (SSSR count). The van der Waals surface area contributed by atoms with Crippen LogP contribution in [0.1, 0.15) is 24.7 Å². The summed E-state index contributed by atoms with van der Waals surface area (Å²) in [5.41, 5.74) is -2.65. The van der Waals surface area contributed by atoms with E-state index in [1.165, 1.54) is 37.0 Å². The van der Waals surface area contributed by atoms with Gasteiger partial charge in [0.05, 0.1) is 42.7 Å². The molecule has 1 fully saturated rings. The number of ether oxygens (including phenoxy) is 2. The topological polar surface area (TPSA) is 87.0 Å². The predicted octanol–water partition coefficient (Wildman–Crippen LogP) is 4.72. The number of nitrogens with one attached hydrogen (secondary N) is 1. The lowest BCUT2D eigenvalue weighted by Gasteiger charge is -2.55. The molecule has 2 atom stereocenters. The molecule has 3 aromatic heterocycles. The largest absolute Gasteiger partial charge is 0.496 e. The Morgan fingerprint density at radius 3 is 2.64 bits per heavy atom. The van der Waals surface area contributed by atoms with Crippen LogP contribution >= 0.6 is 0 Å². The molecule has 4 aromatic rings. The first kappa shape index (κ1) is 23.9. The molecule has 0 aliphatic carbocycles. The van der Waals surface area contributed by atoms with Crippen molar-refractivity contribution in [2.45, 2.75) is 37.6 Å². The Bertz CT molecular complexity index is 1420. The van der Waals surface area contributed by atoms with Gasteiger partial charge in [0.25, 0.3) is 0 Å². The van der Waals surface area contributed by atoms with Crippen LogP contribution in [-0.2, 0) is 10.3 Å². The van der Waals surface area contributed by atoms with Crippen molar-refractivity contribution in [2.24, 2.45) is 0 Å². The zero-order valence-electron chi connectivity index (χ0n) is 19.6. The van der Waals surface area contributed by atoms with Gasteiger partial charge in [-0.25, -0.2) is 19.0 Å². The number of rotatable bonds is 6. The molecular weight excluding hydrogens is 480 g/mol. The van der Waals surface area contributed by atoms with Crippen molar-refractivity contribution in [3.63, 3.8) is 0 Å². The second-order valence-corrected chi connectivity index (χ2v) is 8.82. The molecule has 188 valence electrons. The van der Waals surface area contributed by atoms with Crippen LogP contribution in [0.15, 0.2) is 48.9 Å². The van der Waals surface area contributed by atoms with E-state index < -0.39 is 36.2 Å². The van der Waals surface area contributed by atoms with Gasteiger partial charge in [-0.1, -0.05) is 0 Å². The van der Waals surface area contributed by atoms with E-state index in [2.05, 4.69) is 25.4 Å². The minimum Gasteiger partial charge on any atom is -0.496 e. The second-order valence-electron chi connectivity index (χ2n) is 8.82. The van der Waals surface area contributed by atoms with Gasteiger partial charge in [0.1, 0.15) is 23.2 Å². The number of aromatic nitrogens is 5. The number of methoxy groups -OCH3 is 1. The lowest BCUT2D eigenvalue weighted by Crippen LogP contribution is -2.67. The van der Waals surface area contributed by atoms with Gasteiger partial charge in [0, 0.05) is 18.2 Å². The zero-order chi connectivity index (χ0) is 25.7. The van der Waals surface area contributed by atoms with Gasteiger partial charge in [-0.2, -0.15) is 18.3 Å². The number of benzene rings is 1. The number of alkyl halides is 3. The van der Waals surface area contributed by atoms with Crippen molar-refractivity contribution in [1.29, 1.82) is 0 Å². The third-order valence-corrected chi connectivity index (χ3v) is 6.26. The number of hydrogen-bond donors (Lipinski definition) is 1. The van der Waals surface area contributed by atoms with Gasteiger partial charge in [-0.15, -0.1) is 0 Å². The van der Waals surface area contributed by atoms with Crippen molar-refractivity contribution in [3.05, 3.63) is 66.1 Å². The first-order valence-corrected chi connectivity index (χ1v) is 11.0. The van der Waals surface area contributed by atoms with Crippen LogP contribution in [0.5, 0.6) is 5.75 Å². The molecule has 0 bridgehead atoms. The molecule has 1 aliphatic heterocycles. The molecule has 1 aliphatic rings. The number of anilines is 1. The van der Waals surface area contributed by atoms with E-state index in [0.717, 1.165) is 6.07 Å². The first-order valence-electron chi connectivity index (χ1n) is 11.0. The van der Waals surface area contributed by atoms with E-state index in [4.69, 9.17) is 9.47 Å². The Hall–Kier alpha value is -3.80. The number of nitrogens with zero attached hydrogens (tertiary/aromatic N) is 5. The van der Waals surface area contributed by atoms with Crippen LogP contribution in [0.25, 0.3) is 16.7 Å².